The molecule has 1 atom stereocenters. The van der Waals surface area contributed by atoms with Gasteiger partial charge >= 0.3 is 5.97 Å². The highest BCUT2D eigenvalue weighted by Crippen LogP contribution is 2.42. The van der Waals surface area contributed by atoms with E-state index in [1.165, 1.54) is 0 Å². The number of rotatable bonds is 4. The number of nitrogens with two attached hydrogens (primary N) is 1. The third-order valence-corrected chi connectivity index (χ3v) is 3.66. The lowest BCUT2D eigenvalue weighted by Gasteiger charge is -2.23. The lowest BCUT2D eigenvalue weighted by Crippen LogP contribution is -2.22. The van der Waals surface area contributed by atoms with Crippen LogP contribution in [-0.2, 0) is 16.0 Å². The summed E-state index contributed by atoms with van der Waals surface area (Å²) in [6.07, 6.45) is 3.28. The smallest absolute Gasteiger partial charge is 0.311 e. The van der Waals surface area contributed by atoms with Crippen molar-refractivity contribution in [1.29, 1.82) is 5.26 Å². The van der Waals surface area contributed by atoms with E-state index in [-0.39, 0.29) is 30.4 Å². The van der Waals surface area contributed by atoms with E-state index < -0.39 is 11.9 Å². The maximum atomic E-state index is 11.8. The Labute approximate surface area is 137 Å². The molecule has 1 unspecified atom stereocenters. The van der Waals surface area contributed by atoms with Crippen LogP contribution in [0.3, 0.4) is 0 Å². The number of hydrogen-bond acceptors (Lipinski definition) is 7. The zero-order valence-electron chi connectivity index (χ0n) is 12.9. The van der Waals surface area contributed by atoms with Gasteiger partial charge in [0.15, 0.2) is 0 Å². The van der Waals surface area contributed by atoms with Crippen molar-refractivity contribution < 1.29 is 14.3 Å². The van der Waals surface area contributed by atoms with Crippen molar-refractivity contribution in [1.82, 2.24) is 15.2 Å². The summed E-state index contributed by atoms with van der Waals surface area (Å²) in [5.74, 6) is -0.654. The van der Waals surface area contributed by atoms with E-state index in [1.807, 2.05) is 6.07 Å². The summed E-state index contributed by atoms with van der Waals surface area (Å²) in [5, 5.41) is 16.4. The zero-order valence-corrected chi connectivity index (χ0v) is 12.9. The van der Waals surface area contributed by atoms with Crippen LogP contribution in [0.15, 0.2) is 36.0 Å². The van der Waals surface area contributed by atoms with Gasteiger partial charge in [-0.1, -0.05) is 6.07 Å². The Kier molecular flexibility index (Phi) is 4.16. The third kappa shape index (κ3) is 2.67. The van der Waals surface area contributed by atoms with Crippen LogP contribution in [0, 0.1) is 11.3 Å². The Hall–Kier alpha value is -3.34. The Morgan fingerprint density at radius 2 is 2.42 bits per heavy atom. The minimum atomic E-state index is -0.504. The number of aromatic amines is 1. The molecule has 0 aromatic carbocycles. The molecule has 0 aliphatic carbocycles. The fraction of sp³-hybridized carbons (Fsp3) is 0.250. The SMILES string of the molecule is CCOC(=O)Cc1[nH]nc2c1C(c1cccnc1)C(C#N)=C(N)O2. The number of aromatic nitrogens is 3. The quantitative estimate of drug-likeness (QED) is 0.806. The van der Waals surface area contributed by atoms with E-state index >= 15 is 0 Å². The fourth-order valence-corrected chi connectivity index (χ4v) is 2.68. The molecule has 0 saturated heterocycles. The number of nitrogens with one attached hydrogen (secondary N) is 1. The van der Waals surface area contributed by atoms with Crippen LogP contribution in [-0.4, -0.2) is 27.8 Å². The summed E-state index contributed by atoms with van der Waals surface area (Å²) < 4.78 is 10.4. The molecule has 8 heteroatoms. The lowest BCUT2D eigenvalue weighted by atomic mass is 9.84. The van der Waals surface area contributed by atoms with Crippen LogP contribution in [0.25, 0.3) is 0 Å². The van der Waals surface area contributed by atoms with Crippen molar-refractivity contribution in [3.05, 3.63) is 52.8 Å². The van der Waals surface area contributed by atoms with Crippen LogP contribution in [0.4, 0.5) is 0 Å². The van der Waals surface area contributed by atoms with Gasteiger partial charge in [-0.05, 0) is 18.6 Å². The second kappa shape index (κ2) is 6.42. The summed E-state index contributed by atoms with van der Waals surface area (Å²) in [7, 11) is 0. The number of hydrogen-bond donors (Lipinski definition) is 2. The van der Waals surface area contributed by atoms with Gasteiger partial charge in [0.05, 0.1) is 30.2 Å². The van der Waals surface area contributed by atoms with Gasteiger partial charge in [-0.3, -0.25) is 14.9 Å². The highest BCUT2D eigenvalue weighted by Gasteiger charge is 2.35. The van der Waals surface area contributed by atoms with Crippen molar-refractivity contribution >= 4 is 5.97 Å². The van der Waals surface area contributed by atoms with E-state index in [4.69, 9.17) is 15.2 Å². The molecule has 1 aliphatic heterocycles. The first-order chi connectivity index (χ1) is 11.7. The average molecular weight is 325 g/mol. The Morgan fingerprint density at radius 1 is 1.58 bits per heavy atom. The number of H-pyrrole nitrogens is 1. The fourth-order valence-electron chi connectivity index (χ4n) is 2.68. The van der Waals surface area contributed by atoms with Gasteiger partial charge in [-0.15, -0.1) is 5.10 Å². The van der Waals surface area contributed by atoms with E-state index in [1.54, 1.807) is 25.4 Å². The zero-order chi connectivity index (χ0) is 17.1. The molecule has 0 saturated carbocycles. The lowest BCUT2D eigenvalue weighted by molar-refractivity contribution is -0.142. The number of fused-ring (bicyclic) bond motifs is 1. The number of nitrogens with zero attached hydrogens (tertiary/aromatic N) is 3. The topological polar surface area (TPSA) is 127 Å². The molecule has 3 N–H and O–H groups in total. The summed E-state index contributed by atoms with van der Waals surface area (Å²) in [4.78, 5) is 15.9. The van der Waals surface area contributed by atoms with Gasteiger partial charge < -0.3 is 15.2 Å². The normalized spacial score (nSPS) is 16.1. The number of esters is 1. The van der Waals surface area contributed by atoms with Crippen LogP contribution < -0.4 is 10.5 Å². The molecule has 24 heavy (non-hydrogen) atoms. The average Bonchev–Trinajstić information content (AvgIpc) is 2.96. The van der Waals surface area contributed by atoms with Crippen LogP contribution in [0.2, 0.25) is 0 Å². The first kappa shape index (κ1) is 15.6. The molecule has 8 nitrogen and oxygen atoms in total. The molecular formula is C16H15N5O3. The Balaban J connectivity index is 2.09. The molecule has 0 spiro atoms. The van der Waals surface area contributed by atoms with E-state index in [2.05, 4.69) is 21.3 Å². The van der Waals surface area contributed by atoms with Crippen LogP contribution in [0.5, 0.6) is 5.88 Å². The van der Waals surface area contributed by atoms with Crippen molar-refractivity contribution in [3.63, 3.8) is 0 Å². The number of pyridine rings is 1. The first-order valence-corrected chi connectivity index (χ1v) is 7.36. The molecule has 1 aliphatic rings. The van der Waals surface area contributed by atoms with Crippen LogP contribution in [0.1, 0.15) is 29.7 Å². The van der Waals surface area contributed by atoms with Gasteiger partial charge in [0.1, 0.15) is 11.6 Å². The molecule has 0 bridgehead atoms. The molecular weight excluding hydrogens is 310 g/mol. The largest absolute Gasteiger partial charge is 0.466 e. The standard InChI is InChI=1S/C16H15N5O3/c1-2-23-12(22)6-11-14-13(9-4-3-5-19-8-9)10(7-17)15(18)24-16(14)21-20-11/h3-5,8,13H,2,6,18H2,1H3,(H,20,21). The third-order valence-electron chi connectivity index (χ3n) is 3.66. The predicted molar refractivity (Wildman–Crippen MR) is 82.5 cm³/mol. The maximum Gasteiger partial charge on any atom is 0.311 e. The molecule has 0 fully saturated rings. The monoisotopic (exact) mass is 325 g/mol. The van der Waals surface area contributed by atoms with Gasteiger partial charge in [0, 0.05) is 12.4 Å². The van der Waals surface area contributed by atoms with Crippen molar-refractivity contribution in [3.8, 4) is 11.9 Å². The first-order valence-electron chi connectivity index (χ1n) is 7.36. The Morgan fingerprint density at radius 3 is 3.08 bits per heavy atom. The minimum absolute atomic E-state index is 0.00505. The highest BCUT2D eigenvalue weighted by molar-refractivity contribution is 5.73. The molecule has 0 radical (unpaired) electrons. The molecule has 122 valence electrons. The Bertz CT molecular complexity index is 835. The number of allylic oxidation sites excluding steroid dienone is 1. The van der Waals surface area contributed by atoms with Crippen molar-refractivity contribution in [2.24, 2.45) is 5.73 Å². The number of carbonyl (C=O) groups is 1. The molecule has 3 rings (SSSR count). The number of ether oxygens (including phenoxy) is 2. The molecule has 0 amide bonds. The van der Waals surface area contributed by atoms with Crippen molar-refractivity contribution in [2.45, 2.75) is 19.3 Å². The summed E-state index contributed by atoms with van der Waals surface area (Å²) in [6, 6.07) is 5.68. The summed E-state index contributed by atoms with van der Waals surface area (Å²) in [6.45, 7) is 2.02. The summed E-state index contributed by atoms with van der Waals surface area (Å²) in [5.41, 5.74) is 7.99. The van der Waals surface area contributed by atoms with Crippen molar-refractivity contribution in [2.75, 3.05) is 6.61 Å². The second-order valence-corrected chi connectivity index (χ2v) is 5.11. The number of carbonyl (C=O) groups excluding carboxylic acids is 1. The van der Waals surface area contributed by atoms with Gasteiger partial charge in [-0.2, -0.15) is 5.26 Å². The maximum absolute atomic E-state index is 11.8. The second-order valence-electron chi connectivity index (χ2n) is 5.11. The van der Waals surface area contributed by atoms with Gasteiger partial charge in [0.2, 0.25) is 11.8 Å². The van der Waals surface area contributed by atoms with E-state index in [0.717, 1.165) is 5.56 Å². The van der Waals surface area contributed by atoms with Gasteiger partial charge in [-0.25, -0.2) is 0 Å². The predicted octanol–water partition coefficient (Wildman–Crippen LogP) is 1.13. The van der Waals surface area contributed by atoms with E-state index in [9.17, 15) is 10.1 Å². The number of nitriles is 1. The molecule has 3 heterocycles. The van der Waals surface area contributed by atoms with Crippen LogP contribution >= 0.6 is 0 Å². The summed E-state index contributed by atoms with van der Waals surface area (Å²) >= 11 is 0. The highest BCUT2D eigenvalue weighted by atomic mass is 16.5. The minimum Gasteiger partial charge on any atom is -0.466 e. The van der Waals surface area contributed by atoms with Gasteiger partial charge in [0.25, 0.3) is 0 Å². The molecule has 2 aromatic heterocycles. The molecule has 2 aromatic rings. The van der Waals surface area contributed by atoms with E-state index in [0.29, 0.717) is 11.3 Å².